The molecule has 5 nitrogen and oxygen atoms in total. The molecule has 24 heavy (non-hydrogen) atoms. The average molecular weight is 334 g/mol. The van der Waals surface area contributed by atoms with Gasteiger partial charge in [-0.25, -0.2) is 4.39 Å². The standard InChI is InChI=1S/C18H23FN2O3/c1-12-4-2-5-13(20-12)11-24-15-10-21(17(22)18(19)7-8-18)14-6-3-9-23-16(14)15/h2,4-5,14-16H,3,6-11H2,1H3/t14-,15+,16+/m1/s1. The lowest BCUT2D eigenvalue weighted by Gasteiger charge is -2.32. The number of aromatic nitrogens is 1. The van der Waals surface area contributed by atoms with E-state index in [0.717, 1.165) is 24.2 Å². The monoisotopic (exact) mass is 334 g/mol. The van der Waals surface area contributed by atoms with Crippen molar-refractivity contribution in [2.45, 2.75) is 63.1 Å². The predicted octanol–water partition coefficient (Wildman–Crippen LogP) is 2.17. The second-order valence-electron chi connectivity index (χ2n) is 7.09. The van der Waals surface area contributed by atoms with Crippen LogP contribution >= 0.6 is 0 Å². The Kier molecular flexibility index (Phi) is 4.04. The highest BCUT2D eigenvalue weighted by atomic mass is 19.1. The Bertz CT molecular complexity index is 634. The Morgan fingerprint density at radius 2 is 2.33 bits per heavy atom. The molecule has 1 aromatic rings. The van der Waals surface area contributed by atoms with Gasteiger partial charge in [-0.15, -0.1) is 0 Å². The molecule has 0 unspecified atom stereocenters. The van der Waals surface area contributed by atoms with Crippen LogP contribution in [0.5, 0.6) is 0 Å². The largest absolute Gasteiger partial charge is 0.373 e. The topological polar surface area (TPSA) is 51.7 Å². The normalized spacial score (nSPS) is 30.9. The highest BCUT2D eigenvalue weighted by Gasteiger charge is 2.57. The third-order valence-electron chi connectivity index (χ3n) is 5.20. The number of nitrogens with zero attached hydrogens (tertiary/aromatic N) is 2. The van der Waals surface area contributed by atoms with E-state index in [1.165, 1.54) is 0 Å². The number of hydrogen-bond donors (Lipinski definition) is 0. The molecule has 0 bridgehead atoms. The van der Waals surface area contributed by atoms with Crippen molar-refractivity contribution in [1.82, 2.24) is 9.88 Å². The number of ether oxygens (including phenoxy) is 2. The van der Waals surface area contributed by atoms with Crippen molar-refractivity contribution in [2.24, 2.45) is 0 Å². The van der Waals surface area contributed by atoms with E-state index < -0.39 is 5.67 Å². The van der Waals surface area contributed by atoms with Crippen LogP contribution in [0.3, 0.4) is 0 Å². The summed E-state index contributed by atoms with van der Waals surface area (Å²) in [6, 6.07) is 5.75. The summed E-state index contributed by atoms with van der Waals surface area (Å²) in [5.41, 5.74) is 0.171. The van der Waals surface area contributed by atoms with Crippen LogP contribution < -0.4 is 0 Å². The highest BCUT2D eigenvalue weighted by Crippen LogP contribution is 2.44. The number of carbonyl (C=O) groups excluding carboxylic acids is 1. The van der Waals surface area contributed by atoms with Gasteiger partial charge in [0.1, 0.15) is 12.2 Å². The molecule has 1 saturated carbocycles. The van der Waals surface area contributed by atoms with E-state index in [4.69, 9.17) is 9.47 Å². The first-order valence-corrected chi connectivity index (χ1v) is 8.72. The number of likely N-dealkylation sites (tertiary alicyclic amines) is 1. The first-order valence-electron chi connectivity index (χ1n) is 8.72. The van der Waals surface area contributed by atoms with Gasteiger partial charge in [-0.05, 0) is 44.7 Å². The summed E-state index contributed by atoms with van der Waals surface area (Å²) in [6.45, 7) is 3.40. The lowest BCUT2D eigenvalue weighted by molar-refractivity contribution is -0.141. The molecule has 3 aliphatic rings. The smallest absolute Gasteiger partial charge is 0.260 e. The van der Waals surface area contributed by atoms with Gasteiger partial charge in [0.05, 0.1) is 24.9 Å². The molecule has 0 radical (unpaired) electrons. The molecule has 1 aromatic heterocycles. The molecule has 1 aliphatic carbocycles. The van der Waals surface area contributed by atoms with Crippen molar-refractivity contribution >= 4 is 5.91 Å². The van der Waals surface area contributed by atoms with Crippen LogP contribution in [0.25, 0.3) is 0 Å². The summed E-state index contributed by atoms with van der Waals surface area (Å²) in [5, 5.41) is 0. The average Bonchev–Trinajstić information content (AvgIpc) is 3.23. The molecule has 2 saturated heterocycles. The minimum atomic E-state index is -1.63. The van der Waals surface area contributed by atoms with Gasteiger partial charge in [0.2, 0.25) is 0 Å². The minimum absolute atomic E-state index is 0.0602. The zero-order valence-electron chi connectivity index (χ0n) is 13.9. The molecule has 1 amide bonds. The van der Waals surface area contributed by atoms with Gasteiger partial charge in [0, 0.05) is 12.3 Å². The van der Waals surface area contributed by atoms with Gasteiger partial charge in [-0.2, -0.15) is 0 Å². The van der Waals surface area contributed by atoms with Crippen LogP contribution in [0.15, 0.2) is 18.2 Å². The molecule has 0 aromatic carbocycles. The zero-order chi connectivity index (χ0) is 16.7. The van der Waals surface area contributed by atoms with Crippen molar-refractivity contribution in [3.8, 4) is 0 Å². The number of fused-ring (bicyclic) bond motifs is 1. The fourth-order valence-corrected chi connectivity index (χ4v) is 3.74. The first-order chi connectivity index (χ1) is 11.6. The van der Waals surface area contributed by atoms with Crippen LogP contribution in [-0.4, -0.2) is 52.9 Å². The van der Waals surface area contributed by atoms with Crippen molar-refractivity contribution < 1.29 is 18.7 Å². The fraction of sp³-hybridized carbons (Fsp3) is 0.667. The molecule has 3 fully saturated rings. The Morgan fingerprint density at radius 1 is 1.50 bits per heavy atom. The number of alkyl halides is 1. The molecule has 2 aliphatic heterocycles. The maximum atomic E-state index is 14.2. The minimum Gasteiger partial charge on any atom is -0.373 e. The third-order valence-corrected chi connectivity index (χ3v) is 5.20. The molecule has 3 atom stereocenters. The first kappa shape index (κ1) is 16.0. The summed E-state index contributed by atoms with van der Waals surface area (Å²) < 4.78 is 26.1. The van der Waals surface area contributed by atoms with E-state index in [0.29, 0.717) is 32.6 Å². The number of rotatable bonds is 4. The van der Waals surface area contributed by atoms with Gasteiger partial charge >= 0.3 is 0 Å². The molecular weight excluding hydrogens is 311 g/mol. The number of carbonyl (C=O) groups is 1. The lowest BCUT2D eigenvalue weighted by atomic mass is 10.0. The molecule has 0 spiro atoms. The maximum absolute atomic E-state index is 14.2. The van der Waals surface area contributed by atoms with Crippen molar-refractivity contribution in [1.29, 1.82) is 0 Å². The number of amides is 1. The van der Waals surface area contributed by atoms with Gasteiger partial charge in [-0.1, -0.05) is 6.07 Å². The second kappa shape index (κ2) is 6.08. The molecule has 4 rings (SSSR count). The van der Waals surface area contributed by atoms with Gasteiger partial charge in [0.25, 0.3) is 5.91 Å². The lowest BCUT2D eigenvalue weighted by Crippen LogP contribution is -2.46. The predicted molar refractivity (Wildman–Crippen MR) is 85.1 cm³/mol. The fourth-order valence-electron chi connectivity index (χ4n) is 3.74. The van der Waals surface area contributed by atoms with Crippen LogP contribution in [0, 0.1) is 6.92 Å². The SMILES string of the molecule is Cc1cccc(CO[C@H]2CN(C(=O)C3(F)CC3)[C@@H]3CCCO[C@H]23)n1. The summed E-state index contributed by atoms with van der Waals surface area (Å²) >= 11 is 0. The van der Waals surface area contributed by atoms with Crippen LogP contribution in [0.1, 0.15) is 37.1 Å². The van der Waals surface area contributed by atoms with E-state index in [2.05, 4.69) is 4.98 Å². The Morgan fingerprint density at radius 3 is 3.08 bits per heavy atom. The van der Waals surface area contributed by atoms with E-state index in [-0.39, 0.29) is 24.2 Å². The summed E-state index contributed by atoms with van der Waals surface area (Å²) in [4.78, 5) is 18.6. The van der Waals surface area contributed by atoms with Gasteiger partial charge in [-0.3, -0.25) is 9.78 Å². The zero-order valence-corrected chi connectivity index (χ0v) is 13.9. The van der Waals surface area contributed by atoms with Crippen LogP contribution in [0.4, 0.5) is 4.39 Å². The maximum Gasteiger partial charge on any atom is 0.260 e. The summed E-state index contributed by atoms with van der Waals surface area (Å²) in [6.07, 6.45) is 2.07. The van der Waals surface area contributed by atoms with E-state index in [1.807, 2.05) is 25.1 Å². The molecular formula is C18H23FN2O3. The third kappa shape index (κ3) is 2.93. The Hall–Kier alpha value is -1.53. The van der Waals surface area contributed by atoms with Crippen molar-refractivity contribution in [3.05, 3.63) is 29.6 Å². The number of hydrogen-bond acceptors (Lipinski definition) is 4. The number of halogens is 1. The Balaban J connectivity index is 1.45. The summed E-state index contributed by atoms with van der Waals surface area (Å²) in [7, 11) is 0. The quantitative estimate of drug-likeness (QED) is 0.847. The molecule has 6 heteroatoms. The van der Waals surface area contributed by atoms with Gasteiger partial charge < -0.3 is 14.4 Å². The van der Waals surface area contributed by atoms with E-state index in [1.54, 1.807) is 4.90 Å². The van der Waals surface area contributed by atoms with Crippen molar-refractivity contribution in [2.75, 3.05) is 13.2 Å². The molecule has 3 heterocycles. The highest BCUT2D eigenvalue weighted by molar-refractivity contribution is 5.88. The molecule has 0 N–H and O–H groups in total. The summed E-state index contributed by atoms with van der Waals surface area (Å²) in [5.74, 6) is -0.372. The van der Waals surface area contributed by atoms with Crippen molar-refractivity contribution in [3.63, 3.8) is 0 Å². The Labute approximate surface area is 141 Å². The van der Waals surface area contributed by atoms with E-state index >= 15 is 0 Å². The van der Waals surface area contributed by atoms with Crippen LogP contribution in [0.2, 0.25) is 0 Å². The number of aryl methyl sites for hydroxylation is 1. The van der Waals surface area contributed by atoms with E-state index in [9.17, 15) is 9.18 Å². The van der Waals surface area contributed by atoms with Gasteiger partial charge in [0.15, 0.2) is 5.67 Å². The molecule has 130 valence electrons. The van der Waals surface area contributed by atoms with Crippen LogP contribution in [-0.2, 0) is 20.9 Å². The second-order valence-corrected chi connectivity index (χ2v) is 7.09. The number of pyridine rings is 1.